The van der Waals surface area contributed by atoms with Gasteiger partial charge in [-0.25, -0.2) is 13.6 Å². The summed E-state index contributed by atoms with van der Waals surface area (Å²) in [6, 6.07) is 7.04. The van der Waals surface area contributed by atoms with Crippen molar-refractivity contribution in [2.45, 2.75) is 70.9 Å². The van der Waals surface area contributed by atoms with Crippen molar-refractivity contribution in [2.75, 3.05) is 55.6 Å². The van der Waals surface area contributed by atoms with E-state index in [1.165, 1.54) is 6.07 Å². The van der Waals surface area contributed by atoms with E-state index in [1.807, 2.05) is 11.0 Å². The van der Waals surface area contributed by atoms with Gasteiger partial charge in [0.1, 0.15) is 0 Å². The van der Waals surface area contributed by atoms with Crippen LogP contribution >= 0.6 is 0 Å². The molecule has 4 aliphatic rings. The average Bonchev–Trinajstić information content (AvgIpc) is 3.78. The van der Waals surface area contributed by atoms with Gasteiger partial charge in [0.15, 0.2) is 17.3 Å². The molecule has 0 unspecified atom stereocenters. The molecule has 280 valence electrons. The van der Waals surface area contributed by atoms with E-state index in [-0.39, 0.29) is 23.2 Å². The third-order valence-electron chi connectivity index (χ3n) is 11.6. The molecule has 2 fully saturated rings. The van der Waals surface area contributed by atoms with E-state index in [2.05, 4.69) is 34.7 Å². The van der Waals surface area contributed by atoms with E-state index in [9.17, 15) is 18.4 Å². The molecule has 4 aromatic rings. The number of likely N-dealkylation sites (tertiary alicyclic amines) is 1. The molecule has 4 aliphatic heterocycles. The maximum Gasteiger partial charge on any atom is 0.356 e. The molecular weight excluding hydrogens is 682 g/mol. The number of benzene rings is 1. The van der Waals surface area contributed by atoms with E-state index < -0.39 is 12.4 Å². The fourth-order valence-corrected chi connectivity index (χ4v) is 8.74. The van der Waals surface area contributed by atoms with Crippen LogP contribution in [0.1, 0.15) is 84.4 Å². The summed E-state index contributed by atoms with van der Waals surface area (Å²) < 4.78 is 33.1. The normalized spacial score (nSPS) is 18.8. The Morgan fingerprint density at radius 2 is 1.77 bits per heavy atom. The molecule has 2 saturated heterocycles. The number of halogens is 2. The van der Waals surface area contributed by atoms with Gasteiger partial charge in [0.05, 0.1) is 18.8 Å². The summed E-state index contributed by atoms with van der Waals surface area (Å²) in [5.74, 6) is 1.04. The minimum absolute atomic E-state index is 0.0107. The van der Waals surface area contributed by atoms with Crippen molar-refractivity contribution in [1.29, 1.82) is 0 Å². The van der Waals surface area contributed by atoms with E-state index in [4.69, 9.17) is 10.2 Å². The highest BCUT2D eigenvalue weighted by Gasteiger charge is 2.35. The number of carbonyl (C=O) groups is 2. The number of hydrogen-bond acceptors (Lipinski definition) is 9. The number of carboxylic acids is 1. The monoisotopic (exact) mass is 728 g/mol. The molecule has 0 saturated carbocycles. The average molecular weight is 729 g/mol. The number of anilines is 3. The largest absolute Gasteiger partial charge is 0.476 e. The van der Waals surface area contributed by atoms with Crippen molar-refractivity contribution >= 4 is 29.2 Å². The van der Waals surface area contributed by atoms with E-state index >= 15 is 0 Å². The van der Waals surface area contributed by atoms with Gasteiger partial charge >= 0.3 is 5.97 Å². The summed E-state index contributed by atoms with van der Waals surface area (Å²) in [4.78, 5) is 32.5. The van der Waals surface area contributed by atoms with Gasteiger partial charge in [0.25, 0.3) is 6.43 Å². The Morgan fingerprint density at radius 1 is 0.981 bits per heavy atom. The highest BCUT2D eigenvalue weighted by atomic mass is 19.3. The Hall–Kier alpha value is -4.92. The Bertz CT molecular complexity index is 1980. The third-order valence-corrected chi connectivity index (χ3v) is 11.6. The molecule has 1 N–H and O–H groups in total. The lowest BCUT2D eigenvalue weighted by Gasteiger charge is -2.38. The van der Waals surface area contributed by atoms with Crippen LogP contribution in [0, 0.1) is 5.92 Å². The lowest BCUT2D eigenvalue weighted by atomic mass is 9.92. The number of rotatable bonds is 8. The first-order valence-corrected chi connectivity index (χ1v) is 18.7. The van der Waals surface area contributed by atoms with Gasteiger partial charge < -0.3 is 24.7 Å². The van der Waals surface area contributed by atoms with Crippen molar-refractivity contribution in [3.05, 3.63) is 64.7 Å². The molecule has 0 spiro atoms. The maximum atomic E-state index is 14.6. The first-order chi connectivity index (χ1) is 25.6. The van der Waals surface area contributed by atoms with Crippen molar-refractivity contribution in [1.82, 2.24) is 39.6 Å². The SMILES string of the molecule is CC(=O)N1CCc2c(c(N3CCCc4cc(-c5cnn(C)c5)c(C(F)F)cc43)nn2C2CCN(CC3CCN(c4ccc(C(=O)O)nn4)CC3)CC2)C1. The number of carbonyl (C=O) groups excluding carboxylic acids is 1. The zero-order valence-electron chi connectivity index (χ0n) is 30.3. The van der Waals surface area contributed by atoms with E-state index in [1.54, 1.807) is 43.2 Å². The van der Waals surface area contributed by atoms with Gasteiger partial charge in [-0.15, -0.1) is 10.2 Å². The number of hydrogen-bond donors (Lipinski definition) is 1. The number of alkyl halides is 2. The number of fused-ring (bicyclic) bond motifs is 2. The molecule has 15 heteroatoms. The molecule has 7 heterocycles. The maximum absolute atomic E-state index is 14.6. The first-order valence-electron chi connectivity index (χ1n) is 18.7. The second-order valence-electron chi connectivity index (χ2n) is 15.0. The predicted octanol–water partition coefficient (Wildman–Crippen LogP) is 5.25. The number of nitrogens with zero attached hydrogens (tertiary/aromatic N) is 10. The zero-order valence-corrected chi connectivity index (χ0v) is 30.3. The first kappa shape index (κ1) is 35.1. The zero-order chi connectivity index (χ0) is 36.8. The molecular formula is C38H46F2N10O3. The molecule has 0 aliphatic carbocycles. The van der Waals surface area contributed by atoms with Gasteiger partial charge in [0, 0.05) is 100 Å². The number of aromatic nitrogens is 6. The summed E-state index contributed by atoms with van der Waals surface area (Å²) >= 11 is 0. The Labute approximate surface area is 307 Å². The Kier molecular flexibility index (Phi) is 9.60. The van der Waals surface area contributed by atoms with Crippen LogP contribution in [-0.2, 0) is 31.2 Å². The van der Waals surface area contributed by atoms with Crippen molar-refractivity contribution in [3.8, 4) is 11.1 Å². The minimum atomic E-state index is -2.65. The van der Waals surface area contributed by atoms with Crippen LogP contribution in [0.3, 0.4) is 0 Å². The summed E-state index contributed by atoms with van der Waals surface area (Å²) in [7, 11) is 1.79. The van der Waals surface area contributed by atoms with Crippen molar-refractivity contribution < 1.29 is 23.5 Å². The molecule has 53 heavy (non-hydrogen) atoms. The smallest absolute Gasteiger partial charge is 0.356 e. The molecule has 0 atom stereocenters. The quantitative estimate of drug-likeness (QED) is 0.257. The van der Waals surface area contributed by atoms with Gasteiger partial charge in [-0.2, -0.15) is 10.2 Å². The van der Waals surface area contributed by atoms with Crippen LogP contribution in [-0.4, -0.2) is 102 Å². The fourth-order valence-electron chi connectivity index (χ4n) is 8.74. The fraction of sp³-hybridized carbons (Fsp3) is 0.526. The molecule has 13 nitrogen and oxygen atoms in total. The Balaban J connectivity index is 0.989. The minimum Gasteiger partial charge on any atom is -0.476 e. The second-order valence-corrected chi connectivity index (χ2v) is 15.0. The van der Waals surface area contributed by atoms with Crippen LogP contribution in [0.15, 0.2) is 36.7 Å². The second kappa shape index (κ2) is 14.5. The van der Waals surface area contributed by atoms with Crippen LogP contribution < -0.4 is 9.80 Å². The topological polar surface area (TPSA) is 129 Å². The highest BCUT2D eigenvalue weighted by molar-refractivity contribution is 5.85. The van der Waals surface area contributed by atoms with Crippen LogP contribution in [0.5, 0.6) is 0 Å². The van der Waals surface area contributed by atoms with Crippen molar-refractivity contribution in [3.63, 3.8) is 0 Å². The summed E-state index contributed by atoms with van der Waals surface area (Å²) in [6.45, 7) is 8.09. The number of piperidine rings is 2. The molecule has 0 bridgehead atoms. The standard InChI is InChI=1S/C38H46F2N10O3/c1-24(51)48-17-11-33-31(23-48)37(49-12-3-4-26-18-29(27-20-41-45(2)22-27)30(36(39)40)19-34(26)49)44-50(33)28-9-13-46(14-10-28)21-25-7-15-47(16-8-25)35-6-5-32(38(52)53)42-43-35/h5-6,18-20,22,25,28,36H,3-4,7-17,21,23H2,1-2H3,(H,52,53). The predicted molar refractivity (Wildman–Crippen MR) is 195 cm³/mol. The van der Waals surface area contributed by atoms with Gasteiger partial charge in [0.2, 0.25) is 5.91 Å². The number of aryl methyl sites for hydroxylation is 2. The van der Waals surface area contributed by atoms with Crippen LogP contribution in [0.25, 0.3) is 11.1 Å². The Morgan fingerprint density at radius 3 is 2.43 bits per heavy atom. The van der Waals surface area contributed by atoms with Gasteiger partial charge in [-0.1, -0.05) is 0 Å². The third kappa shape index (κ3) is 6.98. The van der Waals surface area contributed by atoms with Crippen LogP contribution in [0.2, 0.25) is 0 Å². The van der Waals surface area contributed by atoms with Crippen molar-refractivity contribution in [2.24, 2.45) is 13.0 Å². The van der Waals surface area contributed by atoms with E-state index in [0.29, 0.717) is 43.1 Å². The molecule has 1 amide bonds. The van der Waals surface area contributed by atoms with Gasteiger partial charge in [-0.3, -0.25) is 14.2 Å². The number of aromatic carboxylic acids is 1. The lowest BCUT2D eigenvalue weighted by Crippen LogP contribution is -2.42. The summed E-state index contributed by atoms with van der Waals surface area (Å²) in [5.41, 5.74) is 5.13. The van der Waals surface area contributed by atoms with Gasteiger partial charge in [-0.05, 0) is 79.8 Å². The number of carboxylic acid groups (broad SMARTS) is 1. The molecule has 3 aromatic heterocycles. The van der Waals surface area contributed by atoms with E-state index in [0.717, 1.165) is 105 Å². The summed E-state index contributed by atoms with van der Waals surface area (Å²) in [6.07, 6.45) is 7.15. The number of amides is 1. The van der Waals surface area contributed by atoms with Crippen LogP contribution in [0.4, 0.5) is 26.1 Å². The highest BCUT2D eigenvalue weighted by Crippen LogP contribution is 2.44. The molecule has 1 aromatic carbocycles. The molecule has 8 rings (SSSR count). The molecule has 0 radical (unpaired) electrons. The summed E-state index contributed by atoms with van der Waals surface area (Å²) in [5, 5.41) is 26.7. The lowest BCUT2D eigenvalue weighted by molar-refractivity contribution is -0.129.